The van der Waals surface area contributed by atoms with E-state index < -0.39 is 15.8 Å². The number of halogens is 2. The highest BCUT2D eigenvalue weighted by molar-refractivity contribution is 7.90. The summed E-state index contributed by atoms with van der Waals surface area (Å²) >= 11 is 6.04. The number of carbonyl (C=O) groups is 1. The summed E-state index contributed by atoms with van der Waals surface area (Å²) in [7, 11) is -4.04. The van der Waals surface area contributed by atoms with E-state index in [2.05, 4.69) is 4.98 Å². The molecule has 0 spiro atoms. The van der Waals surface area contributed by atoms with Gasteiger partial charge in [-0.25, -0.2) is 21.8 Å². The van der Waals surface area contributed by atoms with Crippen molar-refractivity contribution >= 4 is 39.1 Å². The largest absolute Gasteiger partial charge is 0.371 e. The van der Waals surface area contributed by atoms with Crippen LogP contribution >= 0.6 is 11.6 Å². The second-order valence-electron chi connectivity index (χ2n) is 6.42. The van der Waals surface area contributed by atoms with Crippen LogP contribution < -0.4 is 0 Å². The molecule has 0 saturated carbocycles. The van der Waals surface area contributed by atoms with E-state index in [9.17, 15) is 17.6 Å². The van der Waals surface area contributed by atoms with Gasteiger partial charge >= 0.3 is 6.47 Å². The van der Waals surface area contributed by atoms with Crippen molar-refractivity contribution in [3.05, 3.63) is 59.1 Å². The van der Waals surface area contributed by atoms with Crippen molar-refractivity contribution in [1.82, 2.24) is 14.0 Å². The quantitative estimate of drug-likeness (QED) is 0.463. The molecule has 7 nitrogen and oxygen atoms in total. The Morgan fingerprint density at radius 1 is 1.29 bits per heavy atom. The zero-order valence-corrected chi connectivity index (χ0v) is 16.0. The molecule has 0 unspecified atom stereocenters. The molecule has 1 aliphatic heterocycles. The van der Waals surface area contributed by atoms with Gasteiger partial charge in [-0.2, -0.15) is 0 Å². The fourth-order valence-corrected chi connectivity index (χ4v) is 5.00. The van der Waals surface area contributed by atoms with Crippen LogP contribution in [0.3, 0.4) is 0 Å². The Balaban J connectivity index is 1.85. The highest BCUT2D eigenvalue weighted by Gasteiger charge is 2.31. The van der Waals surface area contributed by atoms with Crippen molar-refractivity contribution in [1.29, 1.82) is 0 Å². The predicted molar refractivity (Wildman–Crippen MR) is 99.8 cm³/mol. The first-order valence-electron chi connectivity index (χ1n) is 8.44. The minimum absolute atomic E-state index is 0.0997. The summed E-state index contributed by atoms with van der Waals surface area (Å²) < 4.78 is 41.0. The standard InChI is InChI=1S/C18H15ClFN3O4S/c19-17-5-4-16-18(21-17)15(12-6-7-22(9-12)27-11-24)10-23(16)28(25,26)14-3-1-2-13(20)8-14/h1-5,8,10-12H,6-7,9H2/t12-/m1/s1. The van der Waals surface area contributed by atoms with Gasteiger partial charge in [-0.15, -0.1) is 5.06 Å². The molecule has 1 aliphatic rings. The summed E-state index contributed by atoms with van der Waals surface area (Å²) in [5.74, 6) is -0.742. The lowest BCUT2D eigenvalue weighted by molar-refractivity contribution is -0.168. The van der Waals surface area contributed by atoms with Crippen molar-refractivity contribution in [2.24, 2.45) is 0 Å². The third kappa shape index (κ3) is 3.25. The number of benzene rings is 1. The highest BCUT2D eigenvalue weighted by Crippen LogP contribution is 2.35. The number of rotatable bonds is 5. The molecule has 3 aromatic rings. The normalized spacial score (nSPS) is 17.9. The molecule has 2 aromatic heterocycles. The number of carbonyl (C=O) groups excluding carboxylic acids is 1. The van der Waals surface area contributed by atoms with Gasteiger partial charge in [0, 0.05) is 30.8 Å². The Morgan fingerprint density at radius 3 is 2.86 bits per heavy atom. The molecule has 10 heteroatoms. The molecule has 4 rings (SSSR count). The Labute approximate surface area is 165 Å². The molecule has 0 radical (unpaired) electrons. The zero-order valence-electron chi connectivity index (χ0n) is 14.5. The highest BCUT2D eigenvalue weighted by atomic mass is 35.5. The number of pyridine rings is 1. The number of fused-ring (bicyclic) bond motifs is 1. The van der Waals surface area contributed by atoms with E-state index in [0.29, 0.717) is 42.6 Å². The minimum Gasteiger partial charge on any atom is -0.371 e. The lowest BCUT2D eigenvalue weighted by atomic mass is 10.0. The van der Waals surface area contributed by atoms with Gasteiger partial charge in [-0.1, -0.05) is 17.7 Å². The molecule has 3 heterocycles. The third-order valence-electron chi connectivity index (χ3n) is 4.74. The maximum Gasteiger partial charge on any atom is 0.312 e. The predicted octanol–water partition coefficient (Wildman–Crippen LogP) is 2.94. The van der Waals surface area contributed by atoms with E-state index in [-0.39, 0.29) is 16.0 Å². The topological polar surface area (TPSA) is 81.5 Å². The van der Waals surface area contributed by atoms with Crippen LogP contribution in [0.5, 0.6) is 0 Å². The van der Waals surface area contributed by atoms with Gasteiger partial charge in [-0.3, -0.25) is 4.79 Å². The maximum absolute atomic E-state index is 13.6. The summed E-state index contributed by atoms with van der Waals surface area (Å²) in [5, 5.41) is 1.74. The molecule has 1 fully saturated rings. The second kappa shape index (κ2) is 7.16. The third-order valence-corrected chi connectivity index (χ3v) is 6.62. The van der Waals surface area contributed by atoms with E-state index in [1.807, 2.05) is 0 Å². The monoisotopic (exact) mass is 423 g/mol. The van der Waals surface area contributed by atoms with Crippen LogP contribution in [0.2, 0.25) is 5.15 Å². The molecule has 146 valence electrons. The van der Waals surface area contributed by atoms with E-state index in [1.54, 1.807) is 6.07 Å². The van der Waals surface area contributed by atoms with E-state index in [4.69, 9.17) is 16.4 Å². The van der Waals surface area contributed by atoms with Crippen LogP contribution in [0.1, 0.15) is 17.9 Å². The first kappa shape index (κ1) is 18.9. The number of nitrogens with zero attached hydrogens (tertiary/aromatic N) is 3. The van der Waals surface area contributed by atoms with Crippen LogP contribution in [-0.4, -0.2) is 42.0 Å². The number of hydrogen-bond acceptors (Lipinski definition) is 6. The Kier molecular flexibility index (Phi) is 4.82. The van der Waals surface area contributed by atoms with Crippen molar-refractivity contribution < 1.29 is 22.4 Å². The first-order chi connectivity index (χ1) is 13.4. The van der Waals surface area contributed by atoms with Gasteiger partial charge in [0.25, 0.3) is 10.0 Å². The molecular weight excluding hydrogens is 409 g/mol. The fraction of sp³-hybridized carbons (Fsp3) is 0.222. The Hall–Kier alpha value is -2.49. The lowest BCUT2D eigenvalue weighted by Gasteiger charge is -2.11. The van der Waals surface area contributed by atoms with Gasteiger partial charge in [0.2, 0.25) is 0 Å². The molecule has 28 heavy (non-hydrogen) atoms. The van der Waals surface area contributed by atoms with Gasteiger partial charge in [-0.05, 0) is 36.8 Å². The Morgan fingerprint density at radius 2 is 2.11 bits per heavy atom. The summed E-state index contributed by atoms with van der Waals surface area (Å²) in [6, 6.07) is 7.90. The average Bonchev–Trinajstić information content (AvgIpc) is 3.26. The fourth-order valence-electron chi connectivity index (χ4n) is 3.45. The van der Waals surface area contributed by atoms with Crippen molar-refractivity contribution in [2.75, 3.05) is 13.1 Å². The van der Waals surface area contributed by atoms with Gasteiger partial charge in [0.1, 0.15) is 11.0 Å². The van der Waals surface area contributed by atoms with Crippen molar-refractivity contribution in [2.45, 2.75) is 17.2 Å². The van der Waals surface area contributed by atoms with Crippen LogP contribution in [-0.2, 0) is 19.7 Å². The lowest BCUT2D eigenvalue weighted by Crippen LogP contribution is -2.19. The summed E-state index contributed by atoms with van der Waals surface area (Å²) in [6.07, 6.45) is 2.14. The smallest absolute Gasteiger partial charge is 0.312 e. The molecule has 1 atom stereocenters. The number of hydroxylamine groups is 2. The van der Waals surface area contributed by atoms with Gasteiger partial charge < -0.3 is 4.84 Å². The summed E-state index contributed by atoms with van der Waals surface area (Å²) in [6.45, 7) is 1.29. The molecule has 0 amide bonds. The van der Waals surface area contributed by atoms with Crippen LogP contribution in [0.15, 0.2) is 47.5 Å². The SMILES string of the molecule is O=CON1CC[C@@H](c2cn(S(=O)(=O)c3cccc(F)c3)c3ccc(Cl)nc23)C1. The van der Waals surface area contributed by atoms with Crippen LogP contribution in [0, 0.1) is 5.82 Å². The minimum atomic E-state index is -4.04. The van der Waals surface area contributed by atoms with E-state index >= 15 is 0 Å². The summed E-state index contributed by atoms with van der Waals surface area (Å²) in [5.41, 5.74) is 1.47. The first-order valence-corrected chi connectivity index (χ1v) is 10.3. The van der Waals surface area contributed by atoms with Crippen molar-refractivity contribution in [3.8, 4) is 0 Å². The zero-order chi connectivity index (χ0) is 19.9. The van der Waals surface area contributed by atoms with E-state index in [1.165, 1.54) is 35.5 Å². The summed E-state index contributed by atoms with van der Waals surface area (Å²) in [4.78, 5) is 19.6. The average molecular weight is 424 g/mol. The van der Waals surface area contributed by atoms with Gasteiger partial charge in [0.15, 0.2) is 0 Å². The van der Waals surface area contributed by atoms with Crippen molar-refractivity contribution in [3.63, 3.8) is 0 Å². The van der Waals surface area contributed by atoms with Gasteiger partial charge in [0.05, 0.1) is 15.9 Å². The van der Waals surface area contributed by atoms with Crippen LogP contribution in [0.25, 0.3) is 11.0 Å². The molecule has 1 saturated heterocycles. The van der Waals surface area contributed by atoms with Crippen LogP contribution in [0.4, 0.5) is 4.39 Å². The maximum atomic E-state index is 13.6. The molecule has 0 aliphatic carbocycles. The molecule has 0 N–H and O–H groups in total. The second-order valence-corrected chi connectivity index (χ2v) is 8.62. The molecule has 0 bridgehead atoms. The molecular formula is C18H15ClFN3O4S. The number of hydrogen-bond donors (Lipinski definition) is 0. The molecule has 1 aromatic carbocycles. The Bertz CT molecular complexity index is 1160. The van der Waals surface area contributed by atoms with E-state index in [0.717, 1.165) is 10.0 Å². The number of aromatic nitrogens is 2.